The lowest BCUT2D eigenvalue weighted by atomic mass is 9.99. The molecule has 0 saturated heterocycles. The first-order valence-corrected chi connectivity index (χ1v) is 12.6. The lowest BCUT2D eigenvalue weighted by Crippen LogP contribution is -2.44. The van der Waals surface area contributed by atoms with Crippen molar-refractivity contribution < 1.29 is 19.1 Å². The highest BCUT2D eigenvalue weighted by atomic mass is 16.5. The molecular formula is C32H26N2O4. The summed E-state index contributed by atoms with van der Waals surface area (Å²) in [7, 11) is 1.36. The molecule has 0 radical (unpaired) electrons. The van der Waals surface area contributed by atoms with Crippen molar-refractivity contribution in [2.24, 2.45) is 0 Å². The molecule has 0 aromatic heterocycles. The maximum Gasteiger partial charge on any atom is 0.331 e. The average Bonchev–Trinajstić information content (AvgIpc) is 3.71. The van der Waals surface area contributed by atoms with Crippen LogP contribution < -0.4 is 5.32 Å². The van der Waals surface area contributed by atoms with Crippen molar-refractivity contribution in [3.63, 3.8) is 0 Å². The van der Waals surface area contributed by atoms with Gasteiger partial charge in [0.05, 0.1) is 7.11 Å². The van der Waals surface area contributed by atoms with Gasteiger partial charge >= 0.3 is 5.97 Å². The number of ether oxygens (including phenoxy) is 1. The number of carbonyl (C=O) groups is 3. The predicted octanol–water partition coefficient (Wildman–Crippen LogP) is 5.93. The topological polar surface area (TPSA) is 75.7 Å². The zero-order valence-electron chi connectivity index (χ0n) is 20.9. The smallest absolute Gasteiger partial charge is 0.331 e. The van der Waals surface area contributed by atoms with Crippen LogP contribution in [0.5, 0.6) is 0 Å². The molecule has 6 heteroatoms. The van der Waals surface area contributed by atoms with E-state index in [9.17, 15) is 14.4 Å². The van der Waals surface area contributed by atoms with Crippen molar-refractivity contribution in [1.82, 2.24) is 4.90 Å². The largest absolute Gasteiger partial charge is 0.467 e. The Hall–Kier alpha value is -4.71. The molecule has 0 bridgehead atoms. The summed E-state index contributed by atoms with van der Waals surface area (Å²) < 4.78 is 4.96. The molecule has 188 valence electrons. The Balaban J connectivity index is 1.15. The second-order valence-corrected chi connectivity index (χ2v) is 9.76. The summed E-state index contributed by atoms with van der Waals surface area (Å²) in [6, 6.07) is 30.9. The summed E-state index contributed by atoms with van der Waals surface area (Å²) in [5.41, 5.74) is 5.95. The molecule has 0 spiro atoms. The van der Waals surface area contributed by atoms with Crippen LogP contribution in [0.4, 0.5) is 5.69 Å². The molecule has 4 aromatic carbocycles. The van der Waals surface area contributed by atoms with Gasteiger partial charge in [-0.2, -0.15) is 0 Å². The fourth-order valence-electron chi connectivity index (χ4n) is 5.11. The number of carbonyl (C=O) groups excluding carboxylic acids is 3. The van der Waals surface area contributed by atoms with E-state index in [4.69, 9.17) is 4.74 Å². The fourth-order valence-corrected chi connectivity index (χ4v) is 5.11. The number of hydrogen-bond donors (Lipinski definition) is 1. The molecule has 2 aliphatic rings. The predicted molar refractivity (Wildman–Crippen MR) is 146 cm³/mol. The Morgan fingerprint density at radius 3 is 2.05 bits per heavy atom. The maximum absolute atomic E-state index is 13.2. The van der Waals surface area contributed by atoms with Crippen molar-refractivity contribution in [3.8, 4) is 22.3 Å². The van der Waals surface area contributed by atoms with Gasteiger partial charge in [-0.05, 0) is 71.0 Å². The highest BCUT2D eigenvalue weighted by Crippen LogP contribution is 2.47. The molecule has 1 N–H and O–H groups in total. The third-order valence-electron chi connectivity index (χ3n) is 7.45. The van der Waals surface area contributed by atoms with E-state index < -0.39 is 5.54 Å². The minimum atomic E-state index is -0.818. The number of amides is 2. The van der Waals surface area contributed by atoms with Gasteiger partial charge in [0.1, 0.15) is 5.54 Å². The van der Waals surface area contributed by atoms with Crippen molar-refractivity contribution in [2.45, 2.75) is 24.9 Å². The van der Waals surface area contributed by atoms with Gasteiger partial charge in [-0.25, -0.2) is 4.79 Å². The Kier molecular flexibility index (Phi) is 5.80. The molecule has 6 rings (SSSR count). The van der Waals surface area contributed by atoms with Gasteiger partial charge < -0.3 is 15.0 Å². The Morgan fingerprint density at radius 2 is 1.39 bits per heavy atom. The molecule has 4 aromatic rings. The molecule has 1 aliphatic carbocycles. The Labute approximate surface area is 220 Å². The number of nitrogens with zero attached hydrogens (tertiary/aromatic N) is 1. The van der Waals surface area contributed by atoms with E-state index in [0.29, 0.717) is 30.5 Å². The van der Waals surface area contributed by atoms with E-state index in [0.717, 1.165) is 33.5 Å². The van der Waals surface area contributed by atoms with Crippen molar-refractivity contribution in [3.05, 3.63) is 114 Å². The van der Waals surface area contributed by atoms with E-state index >= 15 is 0 Å². The number of nitrogens with one attached hydrogen (secondary N) is 1. The number of methoxy groups -OCH3 is 1. The standard InChI is InChI=1S/C32H26N2O4/c1-38-31(37)32(17-18-32)34-20-26-12-11-25(19-28(26)30(34)36)23-7-9-24(10-8-23)29(35)33-27-15-13-22(14-16-27)21-5-3-2-4-6-21/h2-16,19H,17-18,20H2,1H3,(H,33,35). The molecule has 1 fully saturated rings. The summed E-state index contributed by atoms with van der Waals surface area (Å²) in [5, 5.41) is 2.95. The Bertz CT molecular complexity index is 1540. The summed E-state index contributed by atoms with van der Waals surface area (Å²) >= 11 is 0. The maximum atomic E-state index is 13.2. The average molecular weight is 503 g/mol. The zero-order chi connectivity index (χ0) is 26.3. The highest BCUT2D eigenvalue weighted by Gasteiger charge is 2.59. The third-order valence-corrected chi connectivity index (χ3v) is 7.45. The van der Waals surface area contributed by atoms with Crippen LogP contribution in [0.1, 0.15) is 39.1 Å². The molecule has 1 aliphatic heterocycles. The normalized spacial score (nSPS) is 15.1. The lowest BCUT2D eigenvalue weighted by molar-refractivity contribution is -0.147. The van der Waals surface area contributed by atoms with Gasteiger partial charge in [0.15, 0.2) is 0 Å². The van der Waals surface area contributed by atoms with Gasteiger partial charge in [-0.15, -0.1) is 0 Å². The summed E-state index contributed by atoms with van der Waals surface area (Å²) in [6.07, 6.45) is 1.26. The molecular weight excluding hydrogens is 476 g/mol. The second kappa shape index (κ2) is 9.30. The van der Waals surface area contributed by atoms with Crippen LogP contribution in [-0.2, 0) is 16.1 Å². The number of hydrogen-bond acceptors (Lipinski definition) is 4. The molecule has 1 saturated carbocycles. The third kappa shape index (κ3) is 4.14. The second-order valence-electron chi connectivity index (χ2n) is 9.76. The van der Waals surface area contributed by atoms with Crippen LogP contribution in [0.3, 0.4) is 0 Å². The van der Waals surface area contributed by atoms with Gasteiger partial charge in [0, 0.05) is 23.4 Å². The van der Waals surface area contributed by atoms with Crippen molar-refractivity contribution >= 4 is 23.5 Å². The Morgan fingerprint density at radius 1 is 0.789 bits per heavy atom. The number of rotatable bonds is 6. The molecule has 0 atom stereocenters. The zero-order valence-corrected chi connectivity index (χ0v) is 20.9. The quantitative estimate of drug-likeness (QED) is 0.332. The van der Waals surface area contributed by atoms with Crippen LogP contribution >= 0.6 is 0 Å². The number of esters is 1. The first-order valence-electron chi connectivity index (χ1n) is 12.6. The molecule has 1 heterocycles. The number of fused-ring (bicyclic) bond motifs is 1. The summed E-state index contributed by atoms with van der Waals surface area (Å²) in [6.45, 7) is 0.412. The van der Waals surface area contributed by atoms with Crippen LogP contribution in [0.2, 0.25) is 0 Å². The van der Waals surface area contributed by atoms with Crippen LogP contribution in [0.25, 0.3) is 22.3 Å². The summed E-state index contributed by atoms with van der Waals surface area (Å²) in [4.78, 5) is 39.9. The molecule has 0 unspecified atom stereocenters. The van der Waals surface area contributed by atoms with E-state index in [1.807, 2.05) is 84.9 Å². The number of anilines is 1. The minimum absolute atomic E-state index is 0.140. The first-order chi connectivity index (χ1) is 18.5. The van der Waals surface area contributed by atoms with Crippen molar-refractivity contribution in [1.29, 1.82) is 0 Å². The van der Waals surface area contributed by atoms with E-state index in [1.54, 1.807) is 17.0 Å². The van der Waals surface area contributed by atoms with Gasteiger partial charge in [-0.1, -0.05) is 66.7 Å². The monoisotopic (exact) mass is 502 g/mol. The van der Waals surface area contributed by atoms with Gasteiger partial charge in [0.2, 0.25) is 0 Å². The van der Waals surface area contributed by atoms with Crippen molar-refractivity contribution in [2.75, 3.05) is 12.4 Å². The van der Waals surface area contributed by atoms with E-state index in [2.05, 4.69) is 5.32 Å². The van der Waals surface area contributed by atoms with E-state index in [1.165, 1.54) is 7.11 Å². The minimum Gasteiger partial charge on any atom is -0.467 e. The van der Waals surface area contributed by atoms with Crippen LogP contribution in [0.15, 0.2) is 97.1 Å². The van der Waals surface area contributed by atoms with Gasteiger partial charge in [0.25, 0.3) is 11.8 Å². The lowest BCUT2D eigenvalue weighted by Gasteiger charge is -2.25. The fraction of sp³-hybridized carbons (Fsp3) is 0.156. The number of benzene rings is 4. The van der Waals surface area contributed by atoms with E-state index in [-0.39, 0.29) is 17.8 Å². The van der Waals surface area contributed by atoms with Gasteiger partial charge in [-0.3, -0.25) is 9.59 Å². The summed E-state index contributed by atoms with van der Waals surface area (Å²) in [5.74, 6) is -0.680. The molecule has 6 nitrogen and oxygen atoms in total. The first kappa shape index (κ1) is 23.7. The SMILES string of the molecule is COC(=O)C1(N2Cc3ccc(-c4ccc(C(=O)Nc5ccc(-c6ccccc6)cc5)cc4)cc3C2=O)CC1. The molecule has 2 amide bonds. The van der Waals surface area contributed by atoms with Crippen LogP contribution in [-0.4, -0.2) is 35.3 Å². The van der Waals surface area contributed by atoms with Crippen LogP contribution in [0, 0.1) is 0 Å². The molecule has 38 heavy (non-hydrogen) atoms. The highest BCUT2D eigenvalue weighted by molar-refractivity contribution is 6.05.